The monoisotopic (exact) mass is 368 g/mol. The number of aryl methyl sites for hydroxylation is 1. The van der Waals surface area contributed by atoms with Crippen molar-refractivity contribution < 1.29 is 14.3 Å². The van der Waals surface area contributed by atoms with Crippen LogP contribution >= 0.6 is 0 Å². The second-order valence-electron chi connectivity index (χ2n) is 7.64. The Labute approximate surface area is 161 Å². The molecule has 27 heavy (non-hydrogen) atoms. The predicted octanol–water partition coefficient (Wildman–Crippen LogP) is 4.29. The molecule has 0 spiro atoms. The molecule has 0 saturated heterocycles. The maximum Gasteiger partial charge on any atom is 0.407 e. The van der Waals surface area contributed by atoms with Gasteiger partial charge in [-0.1, -0.05) is 36.4 Å². The van der Waals surface area contributed by atoms with Crippen LogP contribution in [-0.4, -0.2) is 29.5 Å². The van der Waals surface area contributed by atoms with Gasteiger partial charge in [-0.3, -0.25) is 4.79 Å². The molecule has 0 aliphatic heterocycles. The minimum Gasteiger partial charge on any atom is -0.444 e. The lowest BCUT2D eigenvalue weighted by molar-refractivity contribution is 0.0523. The van der Waals surface area contributed by atoms with E-state index < -0.39 is 11.7 Å². The topological polar surface area (TPSA) is 58.6 Å². The molecule has 2 aromatic carbocycles. The Balaban J connectivity index is 1.93. The largest absolute Gasteiger partial charge is 0.444 e. The summed E-state index contributed by atoms with van der Waals surface area (Å²) in [5.74, 6) is -0.0371. The Bertz CT molecular complexity index is 792. The number of nitrogens with zero attached hydrogens (tertiary/aromatic N) is 1. The first-order valence-electron chi connectivity index (χ1n) is 9.01. The molecule has 144 valence electrons. The number of nitrogens with one attached hydrogen (secondary N) is 1. The number of carbonyl (C=O) groups is 2. The van der Waals surface area contributed by atoms with Crippen LogP contribution in [0.2, 0.25) is 0 Å². The van der Waals surface area contributed by atoms with E-state index in [0.29, 0.717) is 18.7 Å². The molecule has 0 fully saturated rings. The molecule has 0 bridgehead atoms. The van der Waals surface area contributed by atoms with Crippen LogP contribution in [0, 0.1) is 6.92 Å². The SMILES string of the molecule is Cc1ccccc1CN(C)C(=O)c1ccc(CNC(=O)OC(C)(C)C)cc1. The summed E-state index contributed by atoms with van der Waals surface area (Å²) in [5, 5.41) is 2.71. The highest BCUT2D eigenvalue weighted by atomic mass is 16.6. The minimum atomic E-state index is -0.526. The molecule has 1 N–H and O–H groups in total. The fourth-order valence-corrected chi connectivity index (χ4v) is 2.59. The summed E-state index contributed by atoms with van der Waals surface area (Å²) < 4.78 is 5.21. The van der Waals surface area contributed by atoms with Crippen molar-refractivity contribution in [1.29, 1.82) is 0 Å². The van der Waals surface area contributed by atoms with Crippen LogP contribution in [0.15, 0.2) is 48.5 Å². The molecule has 2 amide bonds. The van der Waals surface area contributed by atoms with Gasteiger partial charge in [-0.2, -0.15) is 0 Å². The van der Waals surface area contributed by atoms with E-state index in [0.717, 1.165) is 11.1 Å². The zero-order valence-electron chi connectivity index (χ0n) is 16.7. The first kappa shape index (κ1) is 20.5. The standard InChI is InChI=1S/C22H28N2O3/c1-16-8-6-7-9-19(16)15-24(5)20(25)18-12-10-17(11-13-18)14-23-21(26)27-22(2,3)4/h6-13H,14-15H2,1-5H3,(H,23,26). The van der Waals surface area contributed by atoms with E-state index in [2.05, 4.69) is 5.32 Å². The second-order valence-corrected chi connectivity index (χ2v) is 7.64. The predicted molar refractivity (Wildman–Crippen MR) is 106 cm³/mol. The van der Waals surface area contributed by atoms with Crippen molar-refractivity contribution in [3.63, 3.8) is 0 Å². The number of rotatable bonds is 5. The molecule has 0 aliphatic carbocycles. The summed E-state index contributed by atoms with van der Waals surface area (Å²) in [6.45, 7) is 8.41. The van der Waals surface area contributed by atoms with Gasteiger partial charge < -0.3 is 15.0 Å². The molecule has 0 aromatic heterocycles. The fourth-order valence-electron chi connectivity index (χ4n) is 2.59. The third kappa shape index (κ3) is 6.44. The Hall–Kier alpha value is -2.82. The highest BCUT2D eigenvalue weighted by Gasteiger charge is 2.16. The number of ether oxygens (including phenoxy) is 1. The molecule has 2 aromatic rings. The first-order valence-corrected chi connectivity index (χ1v) is 9.01. The molecule has 0 atom stereocenters. The van der Waals surface area contributed by atoms with Gasteiger partial charge in [0.25, 0.3) is 5.91 Å². The van der Waals surface area contributed by atoms with E-state index in [-0.39, 0.29) is 5.91 Å². The third-order valence-electron chi connectivity index (χ3n) is 4.05. The number of benzene rings is 2. The second kappa shape index (κ2) is 8.71. The van der Waals surface area contributed by atoms with Crippen molar-refractivity contribution in [3.8, 4) is 0 Å². The number of amides is 2. The molecule has 0 heterocycles. The van der Waals surface area contributed by atoms with Crippen molar-refractivity contribution in [2.24, 2.45) is 0 Å². The van der Waals surface area contributed by atoms with Crippen LogP contribution in [0.4, 0.5) is 4.79 Å². The van der Waals surface area contributed by atoms with Gasteiger partial charge in [0.15, 0.2) is 0 Å². The smallest absolute Gasteiger partial charge is 0.407 e. The lowest BCUT2D eigenvalue weighted by atomic mass is 10.1. The van der Waals surface area contributed by atoms with E-state index in [1.807, 2.05) is 64.1 Å². The highest BCUT2D eigenvalue weighted by molar-refractivity contribution is 5.94. The quantitative estimate of drug-likeness (QED) is 0.856. The van der Waals surface area contributed by atoms with Gasteiger partial charge >= 0.3 is 6.09 Å². The lowest BCUT2D eigenvalue weighted by Crippen LogP contribution is -2.32. The minimum absolute atomic E-state index is 0.0371. The van der Waals surface area contributed by atoms with Crippen molar-refractivity contribution in [3.05, 3.63) is 70.8 Å². The molecular weight excluding hydrogens is 340 g/mol. The molecule has 0 aliphatic rings. The Morgan fingerprint density at radius 3 is 2.26 bits per heavy atom. The van der Waals surface area contributed by atoms with E-state index in [4.69, 9.17) is 4.74 Å². The Kier molecular flexibility index (Phi) is 6.61. The molecule has 2 rings (SSSR count). The summed E-state index contributed by atoms with van der Waals surface area (Å²) in [6, 6.07) is 15.3. The maximum absolute atomic E-state index is 12.6. The van der Waals surface area contributed by atoms with Crippen molar-refractivity contribution >= 4 is 12.0 Å². The van der Waals surface area contributed by atoms with Gasteiger partial charge in [0.05, 0.1) is 0 Å². The zero-order valence-corrected chi connectivity index (χ0v) is 16.7. The van der Waals surface area contributed by atoms with Crippen LogP contribution in [0.3, 0.4) is 0 Å². The summed E-state index contributed by atoms with van der Waals surface area (Å²) in [6.07, 6.45) is -0.458. The average Bonchev–Trinajstić information content (AvgIpc) is 2.60. The van der Waals surface area contributed by atoms with Crippen LogP contribution < -0.4 is 5.32 Å². The number of hydrogen-bond donors (Lipinski definition) is 1. The third-order valence-corrected chi connectivity index (χ3v) is 4.05. The van der Waals surface area contributed by atoms with Crippen molar-refractivity contribution in [2.75, 3.05) is 7.05 Å². The molecule has 5 nitrogen and oxygen atoms in total. The van der Waals surface area contributed by atoms with Crippen LogP contribution in [0.5, 0.6) is 0 Å². The summed E-state index contributed by atoms with van der Waals surface area (Å²) >= 11 is 0. The molecule has 0 radical (unpaired) electrons. The van der Waals surface area contributed by atoms with Gasteiger partial charge in [0.2, 0.25) is 0 Å². The summed E-state index contributed by atoms with van der Waals surface area (Å²) in [4.78, 5) is 26.0. The van der Waals surface area contributed by atoms with E-state index in [1.54, 1.807) is 24.1 Å². The number of alkyl carbamates (subject to hydrolysis) is 1. The normalized spacial score (nSPS) is 11.0. The van der Waals surface area contributed by atoms with E-state index >= 15 is 0 Å². The first-order chi connectivity index (χ1) is 12.7. The zero-order chi connectivity index (χ0) is 20.0. The average molecular weight is 368 g/mol. The highest BCUT2D eigenvalue weighted by Crippen LogP contribution is 2.13. The number of carbonyl (C=O) groups excluding carboxylic acids is 2. The van der Waals surface area contributed by atoms with Crippen molar-refractivity contribution in [1.82, 2.24) is 10.2 Å². The van der Waals surface area contributed by atoms with E-state index in [1.165, 1.54) is 5.56 Å². The lowest BCUT2D eigenvalue weighted by Gasteiger charge is -2.20. The molecular formula is C22H28N2O3. The summed E-state index contributed by atoms with van der Waals surface area (Å²) in [5.41, 5.74) is 3.29. The van der Waals surface area contributed by atoms with Gasteiger partial charge in [0.1, 0.15) is 5.60 Å². The fraction of sp³-hybridized carbons (Fsp3) is 0.364. The Morgan fingerprint density at radius 1 is 1.04 bits per heavy atom. The molecule has 0 unspecified atom stereocenters. The Morgan fingerprint density at radius 2 is 1.67 bits per heavy atom. The van der Waals surface area contributed by atoms with Crippen molar-refractivity contribution in [2.45, 2.75) is 46.4 Å². The maximum atomic E-state index is 12.6. The van der Waals surface area contributed by atoms with Crippen LogP contribution in [-0.2, 0) is 17.8 Å². The summed E-state index contributed by atoms with van der Waals surface area (Å²) in [7, 11) is 1.80. The van der Waals surface area contributed by atoms with Gasteiger partial charge in [-0.05, 0) is 56.5 Å². The molecule has 5 heteroatoms. The van der Waals surface area contributed by atoms with Crippen LogP contribution in [0.25, 0.3) is 0 Å². The van der Waals surface area contributed by atoms with E-state index in [9.17, 15) is 9.59 Å². The van der Waals surface area contributed by atoms with Gasteiger partial charge in [-0.25, -0.2) is 4.79 Å². The van der Waals surface area contributed by atoms with Gasteiger partial charge in [0, 0.05) is 25.7 Å². The van der Waals surface area contributed by atoms with Gasteiger partial charge in [-0.15, -0.1) is 0 Å². The van der Waals surface area contributed by atoms with Crippen LogP contribution in [0.1, 0.15) is 47.8 Å². The number of hydrogen-bond acceptors (Lipinski definition) is 3. The molecule has 0 saturated carbocycles.